The van der Waals surface area contributed by atoms with Crippen LogP contribution in [0, 0.1) is 6.92 Å². The summed E-state index contributed by atoms with van der Waals surface area (Å²) in [6, 6.07) is 8.31. The van der Waals surface area contributed by atoms with Crippen molar-refractivity contribution in [2.45, 2.75) is 13.3 Å². The molecule has 0 aliphatic carbocycles. The number of hydrogen-bond acceptors (Lipinski definition) is 2. The van der Waals surface area contributed by atoms with Gasteiger partial charge < -0.3 is 5.73 Å². The number of aromatic nitrogens is 2. The minimum atomic E-state index is 0.619. The Balaban J connectivity index is 2.37. The summed E-state index contributed by atoms with van der Waals surface area (Å²) in [6.07, 6.45) is 0.805. The molecule has 16 heavy (non-hydrogen) atoms. The Morgan fingerprint density at radius 1 is 1.31 bits per heavy atom. The third-order valence-electron chi connectivity index (χ3n) is 2.49. The third kappa shape index (κ3) is 2.18. The second-order valence-corrected chi connectivity index (χ2v) is 4.56. The molecule has 0 spiro atoms. The van der Waals surface area contributed by atoms with E-state index in [-0.39, 0.29) is 0 Å². The molecule has 0 amide bonds. The molecule has 0 aliphatic rings. The van der Waals surface area contributed by atoms with Crippen molar-refractivity contribution in [1.29, 1.82) is 0 Å². The van der Waals surface area contributed by atoms with E-state index in [9.17, 15) is 0 Å². The first kappa shape index (κ1) is 11.4. The van der Waals surface area contributed by atoms with Crippen LogP contribution in [0.4, 0.5) is 0 Å². The van der Waals surface area contributed by atoms with Gasteiger partial charge in [0, 0.05) is 12.0 Å². The molecule has 0 unspecified atom stereocenters. The number of H-pyrrole nitrogens is 1. The SMILES string of the molecule is Cc1ccc(-c2n[nH]c(CCN)c2Br)cc1. The molecule has 4 heteroatoms. The van der Waals surface area contributed by atoms with Gasteiger partial charge in [0.2, 0.25) is 0 Å². The largest absolute Gasteiger partial charge is 0.330 e. The van der Waals surface area contributed by atoms with Crippen molar-refractivity contribution in [3.63, 3.8) is 0 Å². The number of nitrogens with zero attached hydrogens (tertiary/aromatic N) is 1. The van der Waals surface area contributed by atoms with E-state index in [1.165, 1.54) is 5.56 Å². The molecule has 2 aromatic rings. The van der Waals surface area contributed by atoms with Crippen LogP contribution in [-0.4, -0.2) is 16.7 Å². The van der Waals surface area contributed by atoms with Crippen molar-refractivity contribution in [2.75, 3.05) is 6.54 Å². The molecule has 2 rings (SSSR count). The average molecular weight is 280 g/mol. The predicted molar refractivity (Wildman–Crippen MR) is 69.2 cm³/mol. The fraction of sp³-hybridized carbons (Fsp3) is 0.250. The number of nitrogens with two attached hydrogens (primary N) is 1. The van der Waals surface area contributed by atoms with Crippen LogP contribution in [0.5, 0.6) is 0 Å². The molecule has 3 N–H and O–H groups in total. The van der Waals surface area contributed by atoms with Gasteiger partial charge in [0.05, 0.1) is 10.2 Å². The Morgan fingerprint density at radius 3 is 2.62 bits per heavy atom. The number of aryl methyl sites for hydroxylation is 1. The van der Waals surface area contributed by atoms with E-state index >= 15 is 0 Å². The molecule has 1 heterocycles. The van der Waals surface area contributed by atoms with Crippen molar-refractivity contribution in [3.05, 3.63) is 40.0 Å². The van der Waals surface area contributed by atoms with E-state index in [0.29, 0.717) is 6.54 Å². The summed E-state index contributed by atoms with van der Waals surface area (Å²) in [6.45, 7) is 2.69. The summed E-state index contributed by atoms with van der Waals surface area (Å²) in [5.41, 5.74) is 9.89. The van der Waals surface area contributed by atoms with Gasteiger partial charge in [-0.15, -0.1) is 0 Å². The summed E-state index contributed by atoms with van der Waals surface area (Å²) < 4.78 is 1.02. The van der Waals surface area contributed by atoms with Gasteiger partial charge in [-0.25, -0.2) is 0 Å². The van der Waals surface area contributed by atoms with Crippen LogP contribution in [0.25, 0.3) is 11.3 Å². The minimum absolute atomic E-state index is 0.619. The summed E-state index contributed by atoms with van der Waals surface area (Å²) in [4.78, 5) is 0. The smallest absolute Gasteiger partial charge is 0.107 e. The van der Waals surface area contributed by atoms with E-state index in [0.717, 1.165) is 27.8 Å². The first-order valence-corrected chi connectivity index (χ1v) is 6.01. The summed E-state index contributed by atoms with van der Waals surface area (Å²) in [5.74, 6) is 0. The number of halogens is 1. The zero-order chi connectivity index (χ0) is 11.5. The molecule has 1 aromatic heterocycles. The average Bonchev–Trinajstić information content (AvgIpc) is 2.63. The van der Waals surface area contributed by atoms with E-state index < -0.39 is 0 Å². The lowest BCUT2D eigenvalue weighted by Gasteiger charge is -1.99. The topological polar surface area (TPSA) is 54.7 Å². The van der Waals surface area contributed by atoms with Crippen LogP contribution in [0.2, 0.25) is 0 Å². The fourth-order valence-electron chi connectivity index (χ4n) is 1.58. The Kier molecular flexibility index (Phi) is 3.41. The molecule has 1 aromatic carbocycles. The monoisotopic (exact) mass is 279 g/mol. The number of rotatable bonds is 3. The number of hydrogen-bond donors (Lipinski definition) is 2. The third-order valence-corrected chi connectivity index (χ3v) is 3.35. The molecule has 0 fully saturated rings. The molecule has 3 nitrogen and oxygen atoms in total. The Bertz CT molecular complexity index is 474. The van der Waals surface area contributed by atoms with E-state index in [4.69, 9.17) is 5.73 Å². The molecule has 84 valence electrons. The van der Waals surface area contributed by atoms with Gasteiger partial charge in [-0.05, 0) is 29.4 Å². The highest BCUT2D eigenvalue weighted by molar-refractivity contribution is 9.10. The van der Waals surface area contributed by atoms with Crippen LogP contribution >= 0.6 is 15.9 Å². The molecule has 0 bridgehead atoms. The van der Waals surface area contributed by atoms with Crippen molar-refractivity contribution < 1.29 is 0 Å². The van der Waals surface area contributed by atoms with Gasteiger partial charge in [-0.3, -0.25) is 5.10 Å². The molecule has 0 atom stereocenters. The highest BCUT2D eigenvalue weighted by Crippen LogP contribution is 2.28. The van der Waals surface area contributed by atoms with Gasteiger partial charge >= 0.3 is 0 Å². The highest BCUT2D eigenvalue weighted by atomic mass is 79.9. The second kappa shape index (κ2) is 4.80. The van der Waals surface area contributed by atoms with E-state index in [2.05, 4.69) is 57.3 Å². The molecule has 0 saturated carbocycles. The molecular weight excluding hydrogens is 266 g/mol. The first-order valence-electron chi connectivity index (χ1n) is 5.22. The zero-order valence-corrected chi connectivity index (χ0v) is 10.7. The van der Waals surface area contributed by atoms with Crippen molar-refractivity contribution in [2.24, 2.45) is 5.73 Å². The van der Waals surface area contributed by atoms with Gasteiger partial charge in [-0.2, -0.15) is 5.10 Å². The number of nitrogens with one attached hydrogen (secondary N) is 1. The zero-order valence-electron chi connectivity index (χ0n) is 9.13. The minimum Gasteiger partial charge on any atom is -0.330 e. The predicted octanol–water partition coefficient (Wildman–Crippen LogP) is 2.65. The van der Waals surface area contributed by atoms with E-state index in [1.807, 2.05) is 0 Å². The number of aromatic amines is 1. The van der Waals surface area contributed by atoms with Crippen molar-refractivity contribution in [3.8, 4) is 11.3 Å². The number of benzene rings is 1. The summed E-state index contributed by atoms with van der Waals surface area (Å²) >= 11 is 3.56. The van der Waals surface area contributed by atoms with Gasteiger partial charge in [0.25, 0.3) is 0 Å². The van der Waals surface area contributed by atoms with Crippen LogP contribution < -0.4 is 5.73 Å². The first-order chi connectivity index (χ1) is 7.72. The lowest BCUT2D eigenvalue weighted by molar-refractivity contribution is 0.898. The Morgan fingerprint density at radius 2 is 2.00 bits per heavy atom. The van der Waals surface area contributed by atoms with Gasteiger partial charge in [-0.1, -0.05) is 29.8 Å². The van der Waals surface area contributed by atoms with Crippen LogP contribution in [-0.2, 0) is 6.42 Å². The van der Waals surface area contributed by atoms with Gasteiger partial charge in [0.15, 0.2) is 0 Å². The fourth-order valence-corrected chi connectivity index (χ4v) is 2.18. The second-order valence-electron chi connectivity index (χ2n) is 3.77. The maximum absolute atomic E-state index is 5.53. The van der Waals surface area contributed by atoms with E-state index in [1.54, 1.807) is 0 Å². The van der Waals surface area contributed by atoms with Crippen LogP contribution in [0.15, 0.2) is 28.7 Å². The van der Waals surface area contributed by atoms with Crippen LogP contribution in [0.3, 0.4) is 0 Å². The van der Waals surface area contributed by atoms with Crippen molar-refractivity contribution in [1.82, 2.24) is 10.2 Å². The molecule has 0 radical (unpaired) electrons. The Labute approximate surface area is 103 Å². The normalized spacial score (nSPS) is 10.7. The van der Waals surface area contributed by atoms with Crippen molar-refractivity contribution >= 4 is 15.9 Å². The summed E-state index contributed by atoms with van der Waals surface area (Å²) in [7, 11) is 0. The molecule has 0 saturated heterocycles. The Hall–Kier alpha value is -1.13. The lowest BCUT2D eigenvalue weighted by Crippen LogP contribution is -2.03. The lowest BCUT2D eigenvalue weighted by atomic mass is 10.1. The maximum atomic E-state index is 5.53. The molecule has 0 aliphatic heterocycles. The summed E-state index contributed by atoms with van der Waals surface area (Å²) in [5, 5.41) is 7.32. The van der Waals surface area contributed by atoms with Gasteiger partial charge in [0.1, 0.15) is 5.69 Å². The standard InChI is InChI=1S/C12H14BrN3/c1-8-2-4-9(5-3-8)12-11(13)10(6-7-14)15-16-12/h2-5H,6-7,14H2,1H3,(H,15,16). The molecular formula is C12H14BrN3. The maximum Gasteiger partial charge on any atom is 0.107 e. The van der Waals surface area contributed by atoms with Crippen LogP contribution in [0.1, 0.15) is 11.3 Å². The quantitative estimate of drug-likeness (QED) is 0.908. The highest BCUT2D eigenvalue weighted by Gasteiger charge is 2.11.